The Balaban J connectivity index is 1.74. The van der Waals surface area contributed by atoms with Gasteiger partial charge in [0.15, 0.2) is 0 Å². The van der Waals surface area contributed by atoms with Gasteiger partial charge in [-0.1, -0.05) is 30.3 Å². The van der Waals surface area contributed by atoms with Gasteiger partial charge in [0.2, 0.25) is 5.91 Å². The number of anilines is 1. The normalized spacial score (nSPS) is 21.4. The first-order valence-corrected chi connectivity index (χ1v) is 9.52. The van der Waals surface area contributed by atoms with Gasteiger partial charge < -0.3 is 14.8 Å². The second kappa shape index (κ2) is 8.13. The van der Waals surface area contributed by atoms with Crippen LogP contribution in [-0.4, -0.2) is 25.2 Å². The number of carbonyl (C=O) groups excluding carboxylic acids is 1. The largest absolute Gasteiger partial charge is 0.497 e. The summed E-state index contributed by atoms with van der Waals surface area (Å²) in [5, 5.41) is 3.04. The summed E-state index contributed by atoms with van der Waals surface area (Å²) in [6.45, 7) is 4.93. The van der Waals surface area contributed by atoms with Crippen molar-refractivity contribution in [1.29, 1.82) is 0 Å². The van der Waals surface area contributed by atoms with E-state index in [-0.39, 0.29) is 16.9 Å². The molecule has 1 fully saturated rings. The highest BCUT2D eigenvalue weighted by atomic mass is 16.5. The van der Waals surface area contributed by atoms with Gasteiger partial charge in [0.1, 0.15) is 5.75 Å². The van der Waals surface area contributed by atoms with Gasteiger partial charge in [0.25, 0.3) is 0 Å². The number of methoxy groups -OCH3 is 1. The van der Waals surface area contributed by atoms with E-state index in [9.17, 15) is 4.79 Å². The molecule has 1 N–H and O–H groups in total. The summed E-state index contributed by atoms with van der Waals surface area (Å²) in [6.07, 6.45) is 3.13. The van der Waals surface area contributed by atoms with Crippen LogP contribution in [0.4, 0.5) is 5.69 Å². The molecular formula is C23H29NO3. The highest BCUT2D eigenvalue weighted by molar-refractivity contribution is 5.91. The number of benzene rings is 2. The van der Waals surface area contributed by atoms with Gasteiger partial charge in [-0.15, -0.1) is 0 Å². The van der Waals surface area contributed by atoms with E-state index in [4.69, 9.17) is 9.47 Å². The smallest absolute Gasteiger partial charge is 0.224 e. The van der Waals surface area contributed by atoms with Crippen molar-refractivity contribution < 1.29 is 14.3 Å². The molecule has 0 unspecified atom stereocenters. The Morgan fingerprint density at radius 3 is 2.44 bits per heavy atom. The fourth-order valence-electron chi connectivity index (χ4n) is 4.20. The summed E-state index contributed by atoms with van der Waals surface area (Å²) < 4.78 is 11.1. The van der Waals surface area contributed by atoms with E-state index in [1.165, 1.54) is 5.56 Å². The molecule has 0 radical (unpaired) electrons. The quantitative estimate of drug-likeness (QED) is 0.794. The molecule has 2 aromatic carbocycles. The summed E-state index contributed by atoms with van der Waals surface area (Å²) >= 11 is 0. The van der Waals surface area contributed by atoms with Gasteiger partial charge in [-0.2, -0.15) is 0 Å². The Kier molecular flexibility index (Phi) is 5.85. The van der Waals surface area contributed by atoms with Crippen molar-refractivity contribution >= 4 is 11.6 Å². The van der Waals surface area contributed by atoms with Crippen LogP contribution in [-0.2, 0) is 16.0 Å². The molecule has 0 saturated carbocycles. The van der Waals surface area contributed by atoms with Crippen molar-refractivity contribution in [2.45, 2.75) is 45.1 Å². The van der Waals surface area contributed by atoms with Crippen LogP contribution >= 0.6 is 0 Å². The van der Waals surface area contributed by atoms with Gasteiger partial charge in [0, 0.05) is 18.7 Å². The molecule has 4 heteroatoms. The SMILES string of the molecule is COc1ccc(NC(=O)C[C@@]2(Cc3ccccc3)CCOC(C)(C)C2)cc1. The van der Waals surface area contributed by atoms with Crippen LogP contribution in [0.1, 0.15) is 38.7 Å². The highest BCUT2D eigenvalue weighted by Gasteiger charge is 2.42. The van der Waals surface area contributed by atoms with Crippen LogP contribution in [0, 0.1) is 5.41 Å². The molecule has 1 heterocycles. The van der Waals surface area contributed by atoms with E-state index in [2.05, 4.69) is 43.4 Å². The molecule has 2 aromatic rings. The first kappa shape index (κ1) is 19.4. The van der Waals surface area contributed by atoms with E-state index in [1.54, 1.807) is 7.11 Å². The molecule has 0 bridgehead atoms. The van der Waals surface area contributed by atoms with E-state index in [0.29, 0.717) is 13.0 Å². The average molecular weight is 367 g/mol. The monoisotopic (exact) mass is 367 g/mol. The number of amides is 1. The molecule has 4 nitrogen and oxygen atoms in total. The molecule has 1 atom stereocenters. The third kappa shape index (κ3) is 5.33. The average Bonchev–Trinajstić information content (AvgIpc) is 2.62. The lowest BCUT2D eigenvalue weighted by molar-refractivity contribution is -0.129. The van der Waals surface area contributed by atoms with Crippen LogP contribution in [0.15, 0.2) is 54.6 Å². The molecule has 0 aliphatic carbocycles. The fourth-order valence-corrected chi connectivity index (χ4v) is 4.20. The second-order valence-corrected chi connectivity index (χ2v) is 8.15. The predicted molar refractivity (Wildman–Crippen MR) is 108 cm³/mol. The van der Waals surface area contributed by atoms with E-state index >= 15 is 0 Å². The van der Waals surface area contributed by atoms with Crippen LogP contribution < -0.4 is 10.1 Å². The van der Waals surface area contributed by atoms with Gasteiger partial charge in [-0.25, -0.2) is 0 Å². The number of rotatable bonds is 6. The molecular weight excluding hydrogens is 338 g/mol. The molecule has 1 aliphatic heterocycles. The maximum absolute atomic E-state index is 12.9. The van der Waals surface area contributed by atoms with Crippen molar-refractivity contribution in [1.82, 2.24) is 0 Å². The maximum Gasteiger partial charge on any atom is 0.224 e. The second-order valence-electron chi connectivity index (χ2n) is 8.15. The summed E-state index contributed by atoms with van der Waals surface area (Å²) in [4.78, 5) is 12.9. The van der Waals surface area contributed by atoms with Crippen LogP contribution in [0.2, 0.25) is 0 Å². The maximum atomic E-state index is 12.9. The molecule has 1 saturated heterocycles. The van der Waals surface area contributed by atoms with Crippen molar-refractivity contribution in [2.24, 2.45) is 5.41 Å². The van der Waals surface area contributed by atoms with Gasteiger partial charge in [0.05, 0.1) is 12.7 Å². The molecule has 144 valence electrons. The lowest BCUT2D eigenvalue weighted by Crippen LogP contribution is -2.44. The Morgan fingerprint density at radius 2 is 1.81 bits per heavy atom. The van der Waals surface area contributed by atoms with Crippen LogP contribution in [0.5, 0.6) is 5.75 Å². The minimum Gasteiger partial charge on any atom is -0.497 e. The van der Waals surface area contributed by atoms with E-state index < -0.39 is 0 Å². The molecule has 0 spiro atoms. The minimum atomic E-state index is -0.215. The first-order valence-electron chi connectivity index (χ1n) is 9.52. The predicted octanol–water partition coefficient (Wildman–Crippen LogP) is 4.84. The first-order chi connectivity index (χ1) is 12.9. The summed E-state index contributed by atoms with van der Waals surface area (Å²) in [6, 6.07) is 17.9. The Labute approximate surface area is 161 Å². The molecule has 27 heavy (non-hydrogen) atoms. The number of hydrogen-bond donors (Lipinski definition) is 1. The zero-order chi connectivity index (χ0) is 19.3. The Hall–Kier alpha value is -2.33. The van der Waals surface area contributed by atoms with Gasteiger partial charge in [-0.3, -0.25) is 4.79 Å². The number of carbonyl (C=O) groups is 1. The van der Waals surface area contributed by atoms with Crippen molar-refractivity contribution in [3.8, 4) is 5.75 Å². The Bertz CT molecular complexity index is 755. The molecule has 1 aliphatic rings. The molecule has 3 rings (SSSR count). The fraction of sp³-hybridized carbons (Fsp3) is 0.435. The lowest BCUT2D eigenvalue weighted by Gasteiger charge is -2.45. The molecule has 0 aromatic heterocycles. The standard InChI is InChI=1S/C23H29NO3/c1-22(2)17-23(13-14-27-22,15-18-7-5-4-6-8-18)16-21(25)24-19-9-11-20(26-3)12-10-19/h4-12H,13-17H2,1-3H3,(H,24,25)/t23-/m0/s1. The van der Waals surface area contributed by atoms with Gasteiger partial charge >= 0.3 is 0 Å². The zero-order valence-electron chi connectivity index (χ0n) is 16.5. The zero-order valence-corrected chi connectivity index (χ0v) is 16.5. The Morgan fingerprint density at radius 1 is 1.11 bits per heavy atom. The van der Waals surface area contributed by atoms with E-state index in [0.717, 1.165) is 30.7 Å². The topological polar surface area (TPSA) is 47.6 Å². The minimum absolute atomic E-state index is 0.0498. The summed E-state index contributed by atoms with van der Waals surface area (Å²) in [7, 11) is 1.63. The summed E-state index contributed by atoms with van der Waals surface area (Å²) in [5.74, 6) is 0.827. The van der Waals surface area contributed by atoms with Crippen molar-refractivity contribution in [3.63, 3.8) is 0 Å². The number of ether oxygens (including phenoxy) is 2. The lowest BCUT2D eigenvalue weighted by atomic mass is 9.68. The number of hydrogen-bond acceptors (Lipinski definition) is 3. The third-order valence-corrected chi connectivity index (χ3v) is 5.26. The van der Waals surface area contributed by atoms with Gasteiger partial charge in [-0.05, 0) is 68.4 Å². The van der Waals surface area contributed by atoms with Crippen molar-refractivity contribution in [3.05, 3.63) is 60.2 Å². The number of nitrogens with one attached hydrogen (secondary N) is 1. The summed E-state index contributed by atoms with van der Waals surface area (Å²) in [5.41, 5.74) is 1.75. The third-order valence-electron chi connectivity index (χ3n) is 5.26. The molecule has 1 amide bonds. The highest BCUT2D eigenvalue weighted by Crippen LogP contribution is 2.44. The van der Waals surface area contributed by atoms with Crippen molar-refractivity contribution in [2.75, 3.05) is 19.0 Å². The van der Waals surface area contributed by atoms with E-state index in [1.807, 2.05) is 30.3 Å². The van der Waals surface area contributed by atoms with Crippen LogP contribution in [0.25, 0.3) is 0 Å². The van der Waals surface area contributed by atoms with Crippen LogP contribution in [0.3, 0.4) is 0 Å².